The Kier molecular flexibility index (Phi) is 6.77. The van der Waals surface area contributed by atoms with Crippen molar-refractivity contribution in [1.29, 1.82) is 0 Å². The fourth-order valence-electron chi connectivity index (χ4n) is 3.92. The van der Waals surface area contributed by atoms with Crippen molar-refractivity contribution in [3.8, 4) is 28.7 Å². The molecule has 1 aliphatic heterocycles. The van der Waals surface area contributed by atoms with Gasteiger partial charge in [-0.05, 0) is 55.0 Å². The topological polar surface area (TPSA) is 161 Å². The summed E-state index contributed by atoms with van der Waals surface area (Å²) in [4.78, 5) is 10.3. The van der Waals surface area contributed by atoms with Gasteiger partial charge in [-0.15, -0.1) is 0 Å². The lowest BCUT2D eigenvalue weighted by Gasteiger charge is -2.36. The van der Waals surface area contributed by atoms with Gasteiger partial charge in [0.2, 0.25) is 0 Å². The van der Waals surface area contributed by atoms with Crippen molar-refractivity contribution in [1.82, 2.24) is 14.9 Å². The number of aromatic hydroxyl groups is 3. The Morgan fingerprint density at radius 1 is 1.09 bits per heavy atom. The summed E-state index contributed by atoms with van der Waals surface area (Å²) in [5, 5.41) is 54.2. The fraction of sp³-hybridized carbons (Fsp3) is 0.364. The van der Waals surface area contributed by atoms with E-state index in [1.807, 2.05) is 7.05 Å². The van der Waals surface area contributed by atoms with E-state index in [9.17, 15) is 29.9 Å². The van der Waals surface area contributed by atoms with E-state index in [4.69, 9.17) is 9.47 Å². The van der Waals surface area contributed by atoms with Crippen LogP contribution in [0.3, 0.4) is 0 Å². The molecule has 1 fully saturated rings. The minimum atomic E-state index is -2.45. The van der Waals surface area contributed by atoms with Crippen LogP contribution in [0.25, 0.3) is 10.9 Å². The van der Waals surface area contributed by atoms with Gasteiger partial charge in [0.15, 0.2) is 34.6 Å². The van der Waals surface area contributed by atoms with E-state index in [1.54, 1.807) is 0 Å². The molecule has 188 valence electrons. The van der Waals surface area contributed by atoms with E-state index in [1.165, 1.54) is 19.2 Å². The number of phenolic OH excluding ortho intramolecular Hbond substituents is 3. The summed E-state index contributed by atoms with van der Waals surface area (Å²) in [6.07, 6.45) is 2.20. The lowest BCUT2D eigenvalue weighted by atomic mass is 9.94. The number of ether oxygens (including phenoxy) is 2. The van der Waals surface area contributed by atoms with Crippen LogP contribution in [-0.2, 0) is 0 Å². The third kappa shape index (κ3) is 4.72. The van der Waals surface area contributed by atoms with Gasteiger partial charge in [0, 0.05) is 11.5 Å². The Labute approximate surface area is 207 Å². The van der Waals surface area contributed by atoms with Crippen molar-refractivity contribution in [3.63, 3.8) is 0 Å². The van der Waals surface area contributed by atoms with E-state index in [2.05, 4.69) is 36.1 Å². The predicted molar refractivity (Wildman–Crippen MR) is 126 cm³/mol. The van der Waals surface area contributed by atoms with Crippen LogP contribution in [-0.4, -0.2) is 73.6 Å². The van der Waals surface area contributed by atoms with Gasteiger partial charge < -0.3 is 45.2 Å². The van der Waals surface area contributed by atoms with Gasteiger partial charge >= 0.3 is 5.97 Å². The van der Waals surface area contributed by atoms with Crippen LogP contribution in [0, 0.1) is 11.7 Å². The zero-order valence-electron chi connectivity index (χ0n) is 18.8. The summed E-state index contributed by atoms with van der Waals surface area (Å²) in [6, 6.07) is 2.84. The number of anilines is 2. The highest BCUT2D eigenvalue weighted by Crippen LogP contribution is 2.48. The lowest BCUT2D eigenvalue weighted by Crippen LogP contribution is -2.48. The quantitative estimate of drug-likeness (QED) is 0.151. The first kappa shape index (κ1) is 25.0. The fourth-order valence-corrected chi connectivity index (χ4v) is 4.28. The largest absolute Gasteiger partial charge is 0.504 e. The summed E-state index contributed by atoms with van der Waals surface area (Å²) in [5.41, 5.74) is -0.350. The molecule has 0 saturated carbocycles. The minimum Gasteiger partial charge on any atom is -0.504 e. The number of nitrogens with zero attached hydrogens (tertiary/aromatic N) is 3. The normalized spacial score (nSPS) is 15.4. The third-order valence-electron chi connectivity index (χ3n) is 5.98. The Morgan fingerprint density at radius 2 is 1.77 bits per heavy atom. The summed E-state index contributed by atoms with van der Waals surface area (Å²) in [7, 11) is 3.31. The van der Waals surface area contributed by atoms with Gasteiger partial charge in [-0.25, -0.2) is 14.4 Å². The number of halogens is 2. The van der Waals surface area contributed by atoms with Crippen LogP contribution < -0.4 is 14.8 Å². The molecule has 1 saturated heterocycles. The van der Waals surface area contributed by atoms with E-state index in [-0.39, 0.29) is 28.2 Å². The summed E-state index contributed by atoms with van der Waals surface area (Å²) < 4.78 is 25.1. The predicted octanol–water partition coefficient (Wildman–Crippen LogP) is 2.76. The number of aliphatic hydroxyl groups is 2. The standard InChI is InChI=1S/C22H24BrFN4O7/c1-28-5-3-10(4-6-28)22(32,33)35-14-8-12-11(7-13(14)34-2)21(26-9-25-12)27-17-16(24)18(29)15(23)19(30)20(17)31/h7-10,29-33H,3-6H2,1-2H3,(H,25,26,27). The monoisotopic (exact) mass is 554 g/mol. The Bertz CT molecular complexity index is 1240. The Hall–Kier alpha value is -3.13. The van der Waals surface area contributed by atoms with Gasteiger partial charge in [-0.3, -0.25) is 0 Å². The molecule has 13 heteroatoms. The number of fused-ring (bicyclic) bond motifs is 1. The van der Waals surface area contributed by atoms with Crippen LogP contribution >= 0.6 is 15.9 Å². The second kappa shape index (κ2) is 9.49. The van der Waals surface area contributed by atoms with Crippen LogP contribution in [0.1, 0.15) is 12.8 Å². The number of hydrogen-bond donors (Lipinski definition) is 6. The van der Waals surface area contributed by atoms with Crippen LogP contribution in [0.15, 0.2) is 22.9 Å². The molecule has 2 aromatic carbocycles. The van der Waals surface area contributed by atoms with Gasteiger partial charge in [0.1, 0.15) is 22.3 Å². The van der Waals surface area contributed by atoms with E-state index in [0.717, 1.165) is 6.33 Å². The molecule has 1 aliphatic rings. The maximum atomic E-state index is 14.6. The molecule has 0 spiro atoms. The number of piperidine rings is 1. The zero-order chi connectivity index (χ0) is 25.5. The van der Waals surface area contributed by atoms with Crippen molar-refractivity contribution >= 4 is 38.3 Å². The molecule has 0 aliphatic carbocycles. The highest BCUT2D eigenvalue weighted by molar-refractivity contribution is 9.10. The molecule has 3 aromatic rings. The molecular weight excluding hydrogens is 531 g/mol. The summed E-state index contributed by atoms with van der Waals surface area (Å²) in [5.74, 6) is -6.60. The SMILES string of the molecule is COc1cc2c(Nc3c(O)c(O)c(Br)c(O)c3F)ncnc2cc1OC(O)(O)C1CCN(C)CC1. The number of nitrogens with one attached hydrogen (secondary N) is 1. The van der Waals surface area contributed by atoms with Crippen molar-refractivity contribution in [2.24, 2.45) is 5.92 Å². The van der Waals surface area contributed by atoms with E-state index >= 15 is 0 Å². The maximum absolute atomic E-state index is 14.6. The molecule has 2 heterocycles. The average molecular weight is 555 g/mol. The first-order valence-electron chi connectivity index (χ1n) is 10.6. The van der Waals surface area contributed by atoms with Crippen molar-refractivity contribution in [2.45, 2.75) is 18.8 Å². The van der Waals surface area contributed by atoms with Crippen molar-refractivity contribution in [2.75, 3.05) is 32.6 Å². The average Bonchev–Trinajstić information content (AvgIpc) is 2.84. The number of aromatic nitrogens is 2. The molecular formula is C22H24BrFN4O7. The minimum absolute atomic E-state index is 0.00440. The van der Waals surface area contributed by atoms with Gasteiger partial charge in [0.25, 0.3) is 0 Å². The maximum Gasteiger partial charge on any atom is 0.325 e. The number of hydrogen-bond acceptors (Lipinski definition) is 11. The lowest BCUT2D eigenvalue weighted by molar-refractivity contribution is -0.328. The Balaban J connectivity index is 1.71. The van der Waals surface area contributed by atoms with Crippen LogP contribution in [0.5, 0.6) is 28.7 Å². The van der Waals surface area contributed by atoms with Crippen LogP contribution in [0.4, 0.5) is 15.9 Å². The molecule has 0 bridgehead atoms. The molecule has 11 nitrogen and oxygen atoms in total. The molecule has 35 heavy (non-hydrogen) atoms. The van der Waals surface area contributed by atoms with Gasteiger partial charge in [-0.1, -0.05) is 0 Å². The second-order valence-electron chi connectivity index (χ2n) is 8.25. The molecule has 0 unspecified atom stereocenters. The van der Waals surface area contributed by atoms with Crippen molar-refractivity contribution in [3.05, 3.63) is 28.7 Å². The van der Waals surface area contributed by atoms with Crippen LogP contribution in [0.2, 0.25) is 0 Å². The number of rotatable bonds is 6. The molecule has 0 atom stereocenters. The first-order valence-corrected chi connectivity index (χ1v) is 11.4. The summed E-state index contributed by atoms with van der Waals surface area (Å²) in [6.45, 7) is 1.39. The molecule has 6 N–H and O–H groups in total. The highest BCUT2D eigenvalue weighted by Gasteiger charge is 2.39. The second-order valence-corrected chi connectivity index (χ2v) is 9.05. The first-order chi connectivity index (χ1) is 16.5. The Morgan fingerprint density at radius 3 is 2.43 bits per heavy atom. The third-order valence-corrected chi connectivity index (χ3v) is 6.73. The highest BCUT2D eigenvalue weighted by atomic mass is 79.9. The molecule has 0 amide bonds. The summed E-state index contributed by atoms with van der Waals surface area (Å²) >= 11 is 2.80. The number of benzene rings is 2. The van der Waals surface area contributed by atoms with Gasteiger partial charge in [-0.2, -0.15) is 0 Å². The molecule has 4 rings (SSSR count). The number of methoxy groups -OCH3 is 1. The number of likely N-dealkylation sites (tertiary alicyclic amines) is 1. The smallest absolute Gasteiger partial charge is 0.325 e. The van der Waals surface area contributed by atoms with Crippen molar-refractivity contribution < 1.29 is 39.4 Å². The van der Waals surface area contributed by atoms with Gasteiger partial charge in [0.05, 0.1) is 18.5 Å². The molecule has 1 aromatic heterocycles. The zero-order valence-corrected chi connectivity index (χ0v) is 20.4. The van der Waals surface area contributed by atoms with E-state index in [0.29, 0.717) is 25.9 Å². The van der Waals surface area contributed by atoms with E-state index < -0.39 is 45.1 Å². The number of phenols is 3. The molecule has 0 radical (unpaired) electrons.